The highest BCUT2D eigenvalue weighted by atomic mass is 32.2. The largest absolute Gasteiger partial charge is 0.394 e. The quantitative estimate of drug-likeness (QED) is 0.506. The molecule has 1 aromatic rings. The summed E-state index contributed by atoms with van der Waals surface area (Å²) in [7, 11) is -4.15. The standard InChI is InChI=1S/C11H14N2O5S/c12-5-9-3-1-2-4-10(9)19(17,18)13-11(6-14,7-15)8-16/h1-4,13-16H,6-8H2. The number of hydrogen-bond donors (Lipinski definition) is 4. The Morgan fingerprint density at radius 1 is 1.16 bits per heavy atom. The number of rotatable bonds is 6. The monoisotopic (exact) mass is 286 g/mol. The zero-order valence-corrected chi connectivity index (χ0v) is 10.8. The van der Waals surface area contributed by atoms with Crippen LogP contribution in [0.4, 0.5) is 0 Å². The first-order valence-electron chi connectivity index (χ1n) is 5.30. The number of nitrogens with zero attached hydrogens (tertiary/aromatic N) is 1. The van der Waals surface area contributed by atoms with Gasteiger partial charge >= 0.3 is 0 Å². The van der Waals surface area contributed by atoms with Crippen molar-refractivity contribution in [3.63, 3.8) is 0 Å². The Bertz CT molecular complexity index is 567. The van der Waals surface area contributed by atoms with Crippen LogP contribution in [0.3, 0.4) is 0 Å². The molecular formula is C11H14N2O5S. The lowest BCUT2D eigenvalue weighted by Gasteiger charge is -2.28. The first-order valence-corrected chi connectivity index (χ1v) is 6.79. The molecule has 0 fully saturated rings. The van der Waals surface area contributed by atoms with Gasteiger partial charge in [0.2, 0.25) is 10.0 Å². The van der Waals surface area contributed by atoms with E-state index in [-0.39, 0.29) is 10.5 Å². The molecule has 19 heavy (non-hydrogen) atoms. The maximum Gasteiger partial charge on any atom is 0.242 e. The minimum absolute atomic E-state index is 0.0716. The van der Waals surface area contributed by atoms with Crippen molar-refractivity contribution >= 4 is 10.0 Å². The van der Waals surface area contributed by atoms with Gasteiger partial charge in [0, 0.05) is 0 Å². The fourth-order valence-corrected chi connectivity index (χ4v) is 2.91. The second kappa shape index (κ2) is 6.10. The van der Waals surface area contributed by atoms with E-state index in [9.17, 15) is 8.42 Å². The Kier molecular flexibility index (Phi) is 4.99. The zero-order valence-electron chi connectivity index (χ0n) is 9.94. The fourth-order valence-electron chi connectivity index (χ4n) is 1.38. The maximum absolute atomic E-state index is 12.1. The van der Waals surface area contributed by atoms with E-state index in [4.69, 9.17) is 20.6 Å². The highest BCUT2D eigenvalue weighted by molar-refractivity contribution is 7.89. The maximum atomic E-state index is 12.1. The third-order valence-corrected chi connectivity index (χ3v) is 4.19. The molecule has 8 heteroatoms. The van der Waals surface area contributed by atoms with Crippen molar-refractivity contribution in [1.29, 1.82) is 5.26 Å². The van der Waals surface area contributed by atoms with E-state index < -0.39 is 35.4 Å². The van der Waals surface area contributed by atoms with Crippen molar-refractivity contribution < 1.29 is 23.7 Å². The van der Waals surface area contributed by atoms with Crippen molar-refractivity contribution in [2.45, 2.75) is 10.4 Å². The lowest BCUT2D eigenvalue weighted by Crippen LogP contribution is -2.56. The number of sulfonamides is 1. The summed E-state index contributed by atoms with van der Waals surface area (Å²) in [5.74, 6) is 0. The van der Waals surface area contributed by atoms with E-state index in [0.717, 1.165) is 0 Å². The van der Waals surface area contributed by atoms with Crippen LogP contribution in [0.25, 0.3) is 0 Å². The average molecular weight is 286 g/mol. The molecule has 0 radical (unpaired) electrons. The van der Waals surface area contributed by atoms with E-state index in [2.05, 4.69) is 0 Å². The second-order valence-corrected chi connectivity index (χ2v) is 5.62. The van der Waals surface area contributed by atoms with Crippen LogP contribution in [0.2, 0.25) is 0 Å². The topological polar surface area (TPSA) is 131 Å². The molecule has 7 nitrogen and oxygen atoms in total. The number of nitriles is 1. The minimum atomic E-state index is -4.15. The second-order valence-electron chi connectivity index (χ2n) is 3.97. The van der Waals surface area contributed by atoms with E-state index >= 15 is 0 Å². The minimum Gasteiger partial charge on any atom is -0.394 e. The van der Waals surface area contributed by atoms with Gasteiger partial charge in [-0.1, -0.05) is 12.1 Å². The van der Waals surface area contributed by atoms with Crippen LogP contribution in [-0.2, 0) is 10.0 Å². The molecule has 104 valence electrons. The molecule has 1 aromatic carbocycles. The number of aliphatic hydroxyl groups excluding tert-OH is 3. The summed E-state index contributed by atoms with van der Waals surface area (Å²) in [6.45, 7) is -2.35. The van der Waals surface area contributed by atoms with Crippen LogP contribution < -0.4 is 4.72 Å². The van der Waals surface area contributed by atoms with Gasteiger partial charge in [0.1, 0.15) is 11.6 Å². The lowest BCUT2D eigenvalue weighted by atomic mass is 10.1. The van der Waals surface area contributed by atoms with Crippen LogP contribution in [0.1, 0.15) is 5.56 Å². The smallest absolute Gasteiger partial charge is 0.242 e. The number of nitrogens with one attached hydrogen (secondary N) is 1. The molecule has 0 amide bonds. The van der Waals surface area contributed by atoms with Crippen LogP contribution in [-0.4, -0.2) is 49.1 Å². The Morgan fingerprint density at radius 3 is 2.16 bits per heavy atom. The molecule has 0 unspecified atom stereocenters. The molecule has 0 saturated carbocycles. The zero-order chi connectivity index (χ0) is 14.5. The summed E-state index contributed by atoms with van der Waals surface area (Å²) in [6, 6.07) is 7.23. The molecule has 0 aliphatic heterocycles. The van der Waals surface area contributed by atoms with Gasteiger partial charge in [-0.2, -0.15) is 9.98 Å². The predicted octanol–water partition coefficient (Wildman–Crippen LogP) is -1.45. The Hall–Kier alpha value is -1.50. The summed E-state index contributed by atoms with van der Waals surface area (Å²) < 4.78 is 26.2. The molecule has 0 aliphatic rings. The summed E-state index contributed by atoms with van der Waals surface area (Å²) >= 11 is 0. The summed E-state index contributed by atoms with van der Waals surface area (Å²) in [5.41, 5.74) is -1.85. The Labute approximate surface area is 110 Å². The van der Waals surface area contributed by atoms with E-state index in [1.165, 1.54) is 24.3 Å². The predicted molar refractivity (Wildman–Crippen MR) is 65.5 cm³/mol. The molecule has 4 N–H and O–H groups in total. The SMILES string of the molecule is N#Cc1ccccc1S(=O)(=O)NC(CO)(CO)CO. The summed E-state index contributed by atoms with van der Waals surface area (Å²) in [6.07, 6.45) is 0. The molecular weight excluding hydrogens is 272 g/mol. The van der Waals surface area contributed by atoms with Crippen molar-refractivity contribution in [3.05, 3.63) is 29.8 Å². The first-order chi connectivity index (χ1) is 8.94. The molecule has 0 heterocycles. The van der Waals surface area contributed by atoms with Crippen LogP contribution in [0.5, 0.6) is 0 Å². The van der Waals surface area contributed by atoms with Gasteiger partial charge in [-0.3, -0.25) is 0 Å². The summed E-state index contributed by atoms with van der Waals surface area (Å²) in [4.78, 5) is -0.280. The molecule has 0 spiro atoms. The third-order valence-electron chi connectivity index (χ3n) is 2.56. The molecule has 0 bridgehead atoms. The molecule has 0 saturated heterocycles. The normalized spacial score (nSPS) is 12.1. The number of benzene rings is 1. The van der Waals surface area contributed by atoms with Gasteiger partial charge in [0.05, 0.1) is 30.3 Å². The van der Waals surface area contributed by atoms with Gasteiger partial charge in [-0.15, -0.1) is 0 Å². The van der Waals surface area contributed by atoms with Gasteiger partial charge < -0.3 is 15.3 Å². The average Bonchev–Trinajstić information content (AvgIpc) is 2.45. The van der Waals surface area contributed by atoms with Crippen molar-refractivity contribution in [2.75, 3.05) is 19.8 Å². The van der Waals surface area contributed by atoms with Crippen LogP contribution in [0.15, 0.2) is 29.2 Å². The van der Waals surface area contributed by atoms with Crippen LogP contribution in [0, 0.1) is 11.3 Å². The lowest BCUT2D eigenvalue weighted by molar-refractivity contribution is 0.0582. The highest BCUT2D eigenvalue weighted by Gasteiger charge is 2.34. The Morgan fingerprint density at radius 2 is 1.68 bits per heavy atom. The van der Waals surface area contributed by atoms with Crippen molar-refractivity contribution in [2.24, 2.45) is 0 Å². The van der Waals surface area contributed by atoms with Gasteiger partial charge in [-0.25, -0.2) is 8.42 Å². The fraction of sp³-hybridized carbons (Fsp3) is 0.364. The van der Waals surface area contributed by atoms with Crippen LogP contribution >= 0.6 is 0 Å². The Balaban J connectivity index is 3.22. The third kappa shape index (κ3) is 3.28. The van der Waals surface area contributed by atoms with Crippen molar-refractivity contribution in [3.8, 4) is 6.07 Å². The van der Waals surface area contributed by atoms with E-state index in [1.54, 1.807) is 6.07 Å². The van der Waals surface area contributed by atoms with Gasteiger partial charge in [0.15, 0.2) is 0 Å². The summed E-state index contributed by atoms with van der Waals surface area (Å²) in [5, 5.41) is 36.2. The number of hydrogen-bond acceptors (Lipinski definition) is 6. The molecule has 1 rings (SSSR count). The van der Waals surface area contributed by atoms with E-state index in [1.807, 2.05) is 4.72 Å². The molecule has 0 aliphatic carbocycles. The molecule has 0 atom stereocenters. The van der Waals surface area contributed by atoms with Gasteiger partial charge in [-0.05, 0) is 12.1 Å². The molecule has 0 aromatic heterocycles. The van der Waals surface area contributed by atoms with Gasteiger partial charge in [0.25, 0.3) is 0 Å². The van der Waals surface area contributed by atoms with E-state index in [0.29, 0.717) is 0 Å². The first kappa shape index (κ1) is 15.6. The highest BCUT2D eigenvalue weighted by Crippen LogP contribution is 2.17. The number of aliphatic hydroxyl groups is 3. The van der Waals surface area contributed by atoms with Crippen molar-refractivity contribution in [1.82, 2.24) is 4.72 Å².